The number of aromatic nitrogens is 1. The number of hydrogen-bond donors (Lipinski definition) is 4. The lowest BCUT2D eigenvalue weighted by Gasteiger charge is -2.41. The summed E-state index contributed by atoms with van der Waals surface area (Å²) in [6, 6.07) is 11.4. The minimum absolute atomic E-state index is 0.0301. The topological polar surface area (TPSA) is 164 Å². The predicted octanol–water partition coefficient (Wildman–Crippen LogP) is 3.13. The van der Waals surface area contributed by atoms with Crippen LogP contribution < -0.4 is 19.5 Å². The summed E-state index contributed by atoms with van der Waals surface area (Å²) >= 11 is 0. The second kappa shape index (κ2) is 10.8. The third kappa shape index (κ3) is 6.44. The maximum absolute atomic E-state index is 13.3. The van der Waals surface area contributed by atoms with Crippen LogP contribution in [-0.2, 0) is 26.5 Å². The molecule has 0 spiro atoms. The van der Waals surface area contributed by atoms with Crippen LogP contribution in [0.15, 0.2) is 59.6 Å². The quantitative estimate of drug-likeness (QED) is 0.312. The van der Waals surface area contributed by atoms with Crippen molar-refractivity contribution in [1.82, 2.24) is 9.71 Å². The molecular weight excluding hydrogens is 556 g/mol. The molecule has 11 nitrogen and oxygen atoms in total. The van der Waals surface area contributed by atoms with Gasteiger partial charge in [0.15, 0.2) is 0 Å². The molecule has 1 aromatic heterocycles. The predicted molar refractivity (Wildman–Crippen MR) is 151 cm³/mol. The lowest BCUT2D eigenvalue weighted by molar-refractivity contribution is -0.0632. The molecule has 0 saturated carbocycles. The molecule has 0 unspecified atom stereocenters. The van der Waals surface area contributed by atoms with E-state index in [2.05, 4.69) is 19.7 Å². The lowest BCUT2D eigenvalue weighted by Crippen LogP contribution is -2.53. The number of benzene rings is 2. The minimum atomic E-state index is -4.07. The average molecular weight is 589 g/mol. The fourth-order valence-corrected chi connectivity index (χ4v) is 6.10. The molecule has 40 heavy (non-hydrogen) atoms. The van der Waals surface area contributed by atoms with Gasteiger partial charge in [-0.15, -0.1) is 0 Å². The van der Waals surface area contributed by atoms with Gasteiger partial charge in [-0.05, 0) is 68.7 Å². The summed E-state index contributed by atoms with van der Waals surface area (Å²) in [5.74, 6) is -0.503. The number of carbonyl (C=O) groups is 1. The molecular formula is C27H32N4O7S2. The van der Waals surface area contributed by atoms with Gasteiger partial charge < -0.3 is 15.2 Å². The summed E-state index contributed by atoms with van der Waals surface area (Å²) in [6.07, 6.45) is 1.74. The third-order valence-electron chi connectivity index (χ3n) is 6.58. The molecule has 0 aliphatic carbocycles. The van der Waals surface area contributed by atoms with E-state index in [-0.39, 0.29) is 21.9 Å². The van der Waals surface area contributed by atoms with Gasteiger partial charge in [0, 0.05) is 17.4 Å². The van der Waals surface area contributed by atoms with E-state index in [4.69, 9.17) is 4.74 Å². The third-order valence-corrected chi connectivity index (χ3v) is 8.63. The first-order valence-electron chi connectivity index (χ1n) is 12.5. The van der Waals surface area contributed by atoms with Crippen LogP contribution in [0.25, 0.3) is 0 Å². The summed E-state index contributed by atoms with van der Waals surface area (Å²) in [4.78, 5) is 17.4. The second-order valence-electron chi connectivity index (χ2n) is 10.2. The molecule has 214 valence electrons. The number of carbonyl (C=O) groups excluding carboxylic acids is 1. The maximum atomic E-state index is 13.3. The SMILES string of the molecule is CCc1ccc(S(=O)(=O)N[C@@H]2c3cc(C(=O)Nc4ccc(C)c(NS(C)(=O)=O)c4)cnc3OC(C)(C)[C@H]2O)cc1. The Labute approximate surface area is 234 Å². The van der Waals surface area contributed by atoms with Crippen molar-refractivity contribution in [3.63, 3.8) is 0 Å². The number of nitrogens with one attached hydrogen (secondary N) is 3. The average Bonchev–Trinajstić information content (AvgIpc) is 2.87. The monoisotopic (exact) mass is 588 g/mol. The Morgan fingerprint density at radius 2 is 1.75 bits per heavy atom. The van der Waals surface area contributed by atoms with E-state index in [1.807, 2.05) is 6.92 Å². The molecule has 1 amide bonds. The standard InChI is InChI=1S/C27H32N4O7S2/c1-6-17-8-11-20(12-9-17)40(36,37)31-23-21-13-18(15-28-26(21)38-27(3,4)24(23)32)25(33)29-19-10-7-16(2)22(14-19)30-39(5,34)35/h7-15,23-24,30-32H,6H2,1-5H3,(H,29,33)/t23-,24+/m1/s1. The van der Waals surface area contributed by atoms with Crippen molar-refractivity contribution in [2.24, 2.45) is 0 Å². The molecule has 1 aliphatic heterocycles. The highest BCUT2D eigenvalue weighted by molar-refractivity contribution is 7.92. The Bertz CT molecular complexity index is 1650. The zero-order chi connectivity index (χ0) is 29.5. The number of pyridine rings is 1. The van der Waals surface area contributed by atoms with Crippen molar-refractivity contribution in [1.29, 1.82) is 0 Å². The Morgan fingerprint density at radius 1 is 1.07 bits per heavy atom. The number of sulfonamides is 2. The maximum Gasteiger partial charge on any atom is 0.257 e. The number of aliphatic hydroxyl groups is 1. The Hall–Kier alpha value is -3.52. The first kappa shape index (κ1) is 29.5. The van der Waals surface area contributed by atoms with Gasteiger partial charge in [0.2, 0.25) is 25.9 Å². The number of ether oxygens (including phenoxy) is 1. The van der Waals surface area contributed by atoms with Crippen LogP contribution in [-0.4, -0.2) is 50.8 Å². The highest BCUT2D eigenvalue weighted by atomic mass is 32.2. The fourth-order valence-electron chi connectivity index (χ4n) is 4.26. The van der Waals surface area contributed by atoms with Gasteiger partial charge in [-0.1, -0.05) is 25.1 Å². The molecule has 2 aromatic carbocycles. The second-order valence-corrected chi connectivity index (χ2v) is 13.7. The molecule has 4 rings (SSSR count). The van der Waals surface area contributed by atoms with Crippen LogP contribution in [0, 0.1) is 6.92 Å². The summed E-state index contributed by atoms with van der Waals surface area (Å²) in [6.45, 7) is 6.91. The number of rotatable bonds is 8. The van der Waals surface area contributed by atoms with Gasteiger partial charge >= 0.3 is 0 Å². The van der Waals surface area contributed by atoms with Crippen LogP contribution in [0.2, 0.25) is 0 Å². The van der Waals surface area contributed by atoms with E-state index >= 15 is 0 Å². The fraction of sp³-hybridized carbons (Fsp3) is 0.333. The van der Waals surface area contributed by atoms with Crippen molar-refractivity contribution < 1.29 is 31.5 Å². The molecule has 0 radical (unpaired) electrons. The zero-order valence-electron chi connectivity index (χ0n) is 22.7. The lowest BCUT2D eigenvalue weighted by atomic mass is 9.88. The molecule has 4 N–H and O–H groups in total. The van der Waals surface area contributed by atoms with Crippen molar-refractivity contribution in [2.45, 2.75) is 56.8 Å². The van der Waals surface area contributed by atoms with Crippen LogP contribution in [0.1, 0.15) is 53.9 Å². The Balaban J connectivity index is 1.65. The number of fused-ring (bicyclic) bond motifs is 1. The molecule has 2 atom stereocenters. The first-order valence-corrected chi connectivity index (χ1v) is 15.8. The van der Waals surface area contributed by atoms with Gasteiger partial charge in [-0.2, -0.15) is 0 Å². The largest absolute Gasteiger partial charge is 0.469 e. The van der Waals surface area contributed by atoms with E-state index < -0.39 is 43.7 Å². The molecule has 1 aliphatic rings. The van der Waals surface area contributed by atoms with Crippen LogP contribution in [0.5, 0.6) is 5.88 Å². The van der Waals surface area contributed by atoms with Crippen LogP contribution in [0.4, 0.5) is 11.4 Å². The Kier molecular flexibility index (Phi) is 7.96. The van der Waals surface area contributed by atoms with E-state index in [1.54, 1.807) is 45.0 Å². The zero-order valence-corrected chi connectivity index (χ0v) is 24.4. The van der Waals surface area contributed by atoms with Gasteiger partial charge in [0.1, 0.15) is 11.7 Å². The number of anilines is 2. The molecule has 2 heterocycles. The highest BCUT2D eigenvalue weighted by Crippen LogP contribution is 2.39. The number of hydrogen-bond acceptors (Lipinski definition) is 8. The van der Waals surface area contributed by atoms with Gasteiger partial charge in [-0.3, -0.25) is 9.52 Å². The number of nitrogens with zero attached hydrogens (tertiary/aromatic N) is 1. The molecule has 13 heteroatoms. The van der Waals surface area contributed by atoms with Crippen LogP contribution >= 0.6 is 0 Å². The molecule has 0 saturated heterocycles. The van der Waals surface area contributed by atoms with E-state index in [0.717, 1.165) is 18.2 Å². The smallest absolute Gasteiger partial charge is 0.257 e. The minimum Gasteiger partial charge on any atom is -0.469 e. The van der Waals surface area contributed by atoms with E-state index in [0.29, 0.717) is 16.9 Å². The highest BCUT2D eigenvalue weighted by Gasteiger charge is 2.45. The van der Waals surface area contributed by atoms with E-state index in [1.165, 1.54) is 30.5 Å². The number of aryl methyl sites for hydroxylation is 2. The van der Waals surface area contributed by atoms with Crippen molar-refractivity contribution in [3.8, 4) is 5.88 Å². The van der Waals surface area contributed by atoms with Gasteiger partial charge in [0.25, 0.3) is 5.91 Å². The first-order chi connectivity index (χ1) is 18.6. The normalized spacial score (nSPS) is 18.4. The summed E-state index contributed by atoms with van der Waals surface area (Å²) in [5, 5.41) is 13.8. The van der Waals surface area contributed by atoms with Crippen molar-refractivity contribution in [2.75, 3.05) is 16.3 Å². The van der Waals surface area contributed by atoms with Gasteiger partial charge in [0.05, 0.1) is 28.4 Å². The van der Waals surface area contributed by atoms with Crippen molar-refractivity contribution in [3.05, 3.63) is 77.0 Å². The number of amides is 1. The summed E-state index contributed by atoms with van der Waals surface area (Å²) < 4.78 is 60.7. The molecule has 3 aromatic rings. The molecule has 0 fully saturated rings. The number of aliphatic hydroxyl groups excluding tert-OH is 1. The van der Waals surface area contributed by atoms with Crippen LogP contribution in [0.3, 0.4) is 0 Å². The molecule has 0 bridgehead atoms. The van der Waals surface area contributed by atoms with Crippen molar-refractivity contribution >= 4 is 37.3 Å². The summed E-state index contributed by atoms with van der Waals surface area (Å²) in [5.41, 5.74) is 1.35. The summed E-state index contributed by atoms with van der Waals surface area (Å²) in [7, 11) is -7.60. The van der Waals surface area contributed by atoms with Gasteiger partial charge in [-0.25, -0.2) is 26.5 Å². The van der Waals surface area contributed by atoms with E-state index in [9.17, 15) is 26.7 Å². The Morgan fingerprint density at radius 3 is 2.38 bits per heavy atom.